The summed E-state index contributed by atoms with van der Waals surface area (Å²) in [7, 11) is 1.64. The number of sulfonamides is 1. The predicted molar refractivity (Wildman–Crippen MR) is 62.9 cm³/mol. The maximum absolute atomic E-state index is 12.1. The lowest BCUT2D eigenvalue weighted by molar-refractivity contribution is 0.278. The molecule has 0 spiro atoms. The number of likely N-dealkylation sites (N-methyl/N-ethyl adjacent to an activating group) is 2. The first-order valence-corrected chi connectivity index (χ1v) is 6.57. The van der Waals surface area contributed by atoms with Crippen LogP contribution in [0.5, 0.6) is 0 Å². The molecule has 0 aliphatic rings. The molecule has 1 rings (SSSR count). The van der Waals surface area contributed by atoms with E-state index in [0.29, 0.717) is 13.1 Å². The van der Waals surface area contributed by atoms with Crippen molar-refractivity contribution >= 4 is 10.0 Å². The molecule has 0 fully saturated rings. The van der Waals surface area contributed by atoms with Crippen LogP contribution < -0.4 is 0 Å². The van der Waals surface area contributed by atoms with Crippen molar-refractivity contribution in [2.45, 2.75) is 11.6 Å². The third-order valence-electron chi connectivity index (χ3n) is 2.38. The molecular weight excluding hydrogens is 244 g/mol. The number of aliphatic hydroxyl groups excluding tert-OH is 1. The molecule has 0 atom stereocenters. The van der Waals surface area contributed by atoms with E-state index in [2.05, 4.69) is 10.2 Å². The second kappa shape index (κ2) is 5.58. The van der Waals surface area contributed by atoms with Crippen LogP contribution in [0.4, 0.5) is 0 Å². The number of aromatic amines is 1. The second-order valence-corrected chi connectivity index (χ2v) is 5.99. The van der Waals surface area contributed by atoms with Crippen LogP contribution in [-0.4, -0.2) is 67.2 Å². The number of hydrogen-bond acceptors (Lipinski definition) is 5. The number of hydrogen-bond donors (Lipinski definition) is 2. The van der Waals surface area contributed by atoms with Crippen molar-refractivity contribution in [2.75, 3.05) is 34.2 Å². The Labute approximate surface area is 101 Å². The van der Waals surface area contributed by atoms with Gasteiger partial charge in [-0.3, -0.25) is 5.10 Å². The average Bonchev–Trinajstić information content (AvgIpc) is 2.74. The maximum Gasteiger partial charge on any atom is 0.260 e. The fourth-order valence-corrected chi connectivity index (χ4v) is 2.50. The van der Waals surface area contributed by atoms with E-state index in [4.69, 9.17) is 5.11 Å². The minimum atomic E-state index is -3.61. The van der Waals surface area contributed by atoms with E-state index in [1.807, 2.05) is 19.0 Å². The van der Waals surface area contributed by atoms with Gasteiger partial charge in [-0.05, 0) is 14.1 Å². The van der Waals surface area contributed by atoms with Gasteiger partial charge >= 0.3 is 0 Å². The van der Waals surface area contributed by atoms with Gasteiger partial charge in [-0.15, -0.1) is 0 Å². The molecule has 1 heterocycles. The standard InChI is InChI=1S/C9H18N4O3S/c1-12(2)4-5-13(3)17(15,16)9-8(7-14)6-10-11-9/h6,14H,4-5,7H2,1-3H3,(H,10,11). The Morgan fingerprint density at radius 3 is 2.53 bits per heavy atom. The Morgan fingerprint density at radius 2 is 2.00 bits per heavy atom. The summed E-state index contributed by atoms with van der Waals surface area (Å²) >= 11 is 0. The molecule has 0 amide bonds. The van der Waals surface area contributed by atoms with Gasteiger partial charge in [-0.25, -0.2) is 8.42 Å². The highest BCUT2D eigenvalue weighted by molar-refractivity contribution is 7.89. The van der Waals surface area contributed by atoms with Crippen LogP contribution in [0.2, 0.25) is 0 Å². The van der Waals surface area contributed by atoms with E-state index in [0.717, 1.165) is 0 Å². The number of rotatable bonds is 6. The fourth-order valence-electron chi connectivity index (χ4n) is 1.25. The van der Waals surface area contributed by atoms with Gasteiger partial charge in [0.15, 0.2) is 5.03 Å². The molecule has 98 valence electrons. The molecule has 0 aromatic carbocycles. The van der Waals surface area contributed by atoms with Crippen LogP contribution in [-0.2, 0) is 16.6 Å². The summed E-state index contributed by atoms with van der Waals surface area (Å²) in [5, 5.41) is 15.0. The number of nitrogens with one attached hydrogen (secondary N) is 1. The molecule has 0 aliphatic heterocycles. The fraction of sp³-hybridized carbons (Fsp3) is 0.667. The Hall–Kier alpha value is -0.960. The maximum atomic E-state index is 12.1. The highest BCUT2D eigenvalue weighted by Crippen LogP contribution is 2.15. The zero-order valence-corrected chi connectivity index (χ0v) is 11.0. The molecular formula is C9H18N4O3S. The van der Waals surface area contributed by atoms with E-state index >= 15 is 0 Å². The molecule has 7 nitrogen and oxygen atoms in total. The molecule has 0 bridgehead atoms. The van der Waals surface area contributed by atoms with E-state index < -0.39 is 10.0 Å². The highest BCUT2D eigenvalue weighted by atomic mass is 32.2. The van der Waals surface area contributed by atoms with Gasteiger partial charge in [0.25, 0.3) is 10.0 Å². The highest BCUT2D eigenvalue weighted by Gasteiger charge is 2.25. The lowest BCUT2D eigenvalue weighted by atomic mass is 10.4. The van der Waals surface area contributed by atoms with E-state index in [-0.39, 0.29) is 17.2 Å². The van der Waals surface area contributed by atoms with Gasteiger partial charge in [0.1, 0.15) is 0 Å². The predicted octanol–water partition coefficient (Wildman–Crippen LogP) is -0.916. The Bertz CT molecular complexity index is 455. The smallest absolute Gasteiger partial charge is 0.260 e. The molecule has 0 aliphatic carbocycles. The number of nitrogens with zero attached hydrogens (tertiary/aromatic N) is 3. The van der Waals surface area contributed by atoms with Gasteiger partial charge in [0.2, 0.25) is 0 Å². The average molecular weight is 262 g/mol. The Morgan fingerprint density at radius 1 is 1.35 bits per heavy atom. The first-order chi connectivity index (χ1) is 7.89. The van der Waals surface area contributed by atoms with Crippen LogP contribution >= 0.6 is 0 Å². The Kier molecular flexibility index (Phi) is 4.63. The third-order valence-corrected chi connectivity index (χ3v) is 4.25. The van der Waals surface area contributed by atoms with Gasteiger partial charge in [-0.1, -0.05) is 0 Å². The van der Waals surface area contributed by atoms with Crippen LogP contribution in [0.15, 0.2) is 11.2 Å². The van der Waals surface area contributed by atoms with Crippen molar-refractivity contribution in [2.24, 2.45) is 0 Å². The lowest BCUT2D eigenvalue weighted by Gasteiger charge is -2.18. The topological polar surface area (TPSA) is 89.5 Å². The van der Waals surface area contributed by atoms with Crippen LogP contribution in [0.25, 0.3) is 0 Å². The van der Waals surface area contributed by atoms with E-state index in [1.165, 1.54) is 17.5 Å². The molecule has 0 saturated carbocycles. The quantitative estimate of drug-likeness (QED) is 0.692. The summed E-state index contributed by atoms with van der Waals surface area (Å²) in [5.41, 5.74) is 0.279. The molecule has 0 saturated heterocycles. The monoisotopic (exact) mass is 262 g/mol. The van der Waals surface area contributed by atoms with Crippen molar-refractivity contribution in [1.82, 2.24) is 19.4 Å². The van der Waals surface area contributed by atoms with Crippen molar-refractivity contribution in [3.8, 4) is 0 Å². The summed E-state index contributed by atoms with van der Waals surface area (Å²) in [6.45, 7) is 0.643. The first-order valence-electron chi connectivity index (χ1n) is 5.13. The van der Waals surface area contributed by atoms with Crippen molar-refractivity contribution in [3.63, 3.8) is 0 Å². The summed E-state index contributed by atoms with van der Waals surface area (Å²) in [4.78, 5) is 1.89. The molecule has 0 radical (unpaired) electrons. The van der Waals surface area contributed by atoms with Crippen LogP contribution in [0.3, 0.4) is 0 Å². The van der Waals surface area contributed by atoms with Crippen molar-refractivity contribution < 1.29 is 13.5 Å². The van der Waals surface area contributed by atoms with Gasteiger partial charge in [-0.2, -0.15) is 9.40 Å². The third kappa shape index (κ3) is 3.25. The van der Waals surface area contributed by atoms with Crippen LogP contribution in [0, 0.1) is 0 Å². The molecule has 8 heteroatoms. The summed E-state index contributed by atoms with van der Waals surface area (Å²) in [6.07, 6.45) is 1.31. The zero-order valence-electron chi connectivity index (χ0n) is 10.2. The number of H-pyrrole nitrogens is 1. The molecule has 1 aromatic rings. The van der Waals surface area contributed by atoms with Gasteiger partial charge < -0.3 is 10.0 Å². The molecule has 0 unspecified atom stereocenters. The number of aromatic nitrogens is 2. The molecule has 17 heavy (non-hydrogen) atoms. The largest absolute Gasteiger partial charge is 0.392 e. The van der Waals surface area contributed by atoms with Gasteiger partial charge in [0.05, 0.1) is 12.8 Å². The van der Waals surface area contributed by atoms with Gasteiger partial charge in [0, 0.05) is 25.7 Å². The zero-order chi connectivity index (χ0) is 13.1. The molecule has 2 N–H and O–H groups in total. The minimum absolute atomic E-state index is 0.0405. The molecule has 1 aromatic heterocycles. The van der Waals surface area contributed by atoms with E-state index in [9.17, 15) is 8.42 Å². The lowest BCUT2D eigenvalue weighted by Crippen LogP contribution is -2.34. The SMILES string of the molecule is CN(C)CCN(C)S(=O)(=O)c1[nH]ncc1CO. The summed E-state index contributed by atoms with van der Waals surface area (Å²) < 4.78 is 25.5. The van der Waals surface area contributed by atoms with Crippen LogP contribution in [0.1, 0.15) is 5.56 Å². The number of aliphatic hydroxyl groups is 1. The first kappa shape index (κ1) is 14.1. The van der Waals surface area contributed by atoms with E-state index in [1.54, 1.807) is 0 Å². The normalized spacial score (nSPS) is 12.6. The summed E-state index contributed by atoms with van der Waals surface area (Å²) in [6, 6.07) is 0. The van der Waals surface area contributed by atoms with Crippen molar-refractivity contribution in [3.05, 3.63) is 11.8 Å². The Balaban J connectivity index is 2.88. The minimum Gasteiger partial charge on any atom is -0.392 e. The summed E-state index contributed by atoms with van der Waals surface area (Å²) in [5.74, 6) is 0. The second-order valence-electron chi connectivity index (χ2n) is 4.01. The van der Waals surface area contributed by atoms with Crippen molar-refractivity contribution in [1.29, 1.82) is 0 Å².